The first kappa shape index (κ1) is 15.6. The second-order valence-electron chi connectivity index (χ2n) is 6.00. The summed E-state index contributed by atoms with van der Waals surface area (Å²) in [6.07, 6.45) is 1.90. The largest absolute Gasteiger partial charge is 0.456 e. The van der Waals surface area contributed by atoms with E-state index in [-0.39, 0.29) is 5.97 Å². The molecule has 112 valence electrons. The van der Waals surface area contributed by atoms with Crippen molar-refractivity contribution in [3.8, 4) is 5.69 Å². The van der Waals surface area contributed by atoms with Crippen LogP contribution in [-0.4, -0.2) is 21.1 Å². The van der Waals surface area contributed by atoms with Crippen LogP contribution in [0.5, 0.6) is 0 Å². The molecule has 0 unspecified atom stereocenters. The van der Waals surface area contributed by atoms with E-state index in [2.05, 4.69) is 4.98 Å². The van der Waals surface area contributed by atoms with Gasteiger partial charge in [-0.3, -0.25) is 0 Å². The molecule has 21 heavy (non-hydrogen) atoms. The van der Waals surface area contributed by atoms with E-state index in [1.54, 1.807) is 18.2 Å². The number of ether oxygens (including phenoxy) is 1. The van der Waals surface area contributed by atoms with Crippen LogP contribution in [0.25, 0.3) is 5.69 Å². The number of benzene rings is 1. The third kappa shape index (κ3) is 3.85. The fraction of sp³-hybridized carbons (Fsp3) is 0.375. The number of carbonyl (C=O) groups is 1. The van der Waals surface area contributed by atoms with E-state index in [0.29, 0.717) is 10.6 Å². The Morgan fingerprint density at radius 2 is 1.90 bits per heavy atom. The first-order valence-corrected chi connectivity index (χ1v) is 7.10. The molecule has 2 rings (SSSR count). The lowest BCUT2D eigenvalue weighted by Crippen LogP contribution is -2.24. The van der Waals surface area contributed by atoms with Crippen molar-refractivity contribution in [2.45, 2.75) is 40.2 Å². The highest BCUT2D eigenvalue weighted by molar-refractivity contribution is 6.31. The summed E-state index contributed by atoms with van der Waals surface area (Å²) in [5.74, 6) is 0.450. The number of carbonyl (C=O) groups excluding carboxylic acids is 1. The summed E-state index contributed by atoms with van der Waals surface area (Å²) in [6, 6.07) is 5.16. The van der Waals surface area contributed by atoms with Crippen LogP contribution in [0.4, 0.5) is 0 Å². The van der Waals surface area contributed by atoms with Crippen molar-refractivity contribution >= 4 is 17.6 Å². The second kappa shape index (κ2) is 5.53. The molecule has 4 nitrogen and oxygen atoms in total. The SMILES string of the molecule is Cc1cn(-c2cc(Cl)cc(C(=O)OC(C)(C)C)c2)c(C)n1. The van der Waals surface area contributed by atoms with Crippen LogP contribution in [-0.2, 0) is 4.74 Å². The van der Waals surface area contributed by atoms with Gasteiger partial charge < -0.3 is 9.30 Å². The molecular formula is C16H19ClN2O2. The van der Waals surface area contributed by atoms with E-state index in [1.165, 1.54) is 0 Å². The Balaban J connectivity index is 2.42. The molecule has 0 aliphatic heterocycles. The van der Waals surface area contributed by atoms with Crippen LogP contribution in [0.15, 0.2) is 24.4 Å². The van der Waals surface area contributed by atoms with Crippen LogP contribution >= 0.6 is 11.6 Å². The first-order chi connectivity index (χ1) is 9.65. The molecule has 0 bridgehead atoms. The van der Waals surface area contributed by atoms with Crippen LogP contribution in [0, 0.1) is 13.8 Å². The second-order valence-corrected chi connectivity index (χ2v) is 6.44. The fourth-order valence-corrected chi connectivity index (χ4v) is 2.28. The van der Waals surface area contributed by atoms with Crippen molar-refractivity contribution in [3.63, 3.8) is 0 Å². The number of nitrogens with zero attached hydrogens (tertiary/aromatic N) is 2. The zero-order chi connectivity index (χ0) is 15.8. The van der Waals surface area contributed by atoms with E-state index in [1.807, 2.05) is 45.4 Å². The zero-order valence-corrected chi connectivity index (χ0v) is 13.7. The number of rotatable bonds is 2. The first-order valence-electron chi connectivity index (χ1n) is 6.72. The summed E-state index contributed by atoms with van der Waals surface area (Å²) in [4.78, 5) is 16.5. The standard InChI is InChI=1S/C16H19ClN2O2/c1-10-9-19(11(2)18-10)14-7-12(6-13(17)8-14)15(20)21-16(3,4)5/h6-9H,1-5H3. The van der Waals surface area contributed by atoms with E-state index in [4.69, 9.17) is 16.3 Å². The van der Waals surface area contributed by atoms with Crippen molar-refractivity contribution < 1.29 is 9.53 Å². The van der Waals surface area contributed by atoms with Crippen molar-refractivity contribution in [2.75, 3.05) is 0 Å². The van der Waals surface area contributed by atoms with Gasteiger partial charge in [0.25, 0.3) is 0 Å². The number of esters is 1. The highest BCUT2D eigenvalue weighted by atomic mass is 35.5. The van der Waals surface area contributed by atoms with Gasteiger partial charge in [-0.15, -0.1) is 0 Å². The average molecular weight is 307 g/mol. The molecule has 1 aromatic carbocycles. The Labute approximate surface area is 129 Å². The number of hydrogen-bond donors (Lipinski definition) is 0. The molecule has 0 saturated carbocycles. The molecule has 0 spiro atoms. The van der Waals surface area contributed by atoms with Gasteiger partial charge in [-0.1, -0.05) is 11.6 Å². The Hall–Kier alpha value is -1.81. The van der Waals surface area contributed by atoms with Crippen LogP contribution < -0.4 is 0 Å². The summed E-state index contributed by atoms with van der Waals surface area (Å²) in [5, 5.41) is 0.485. The Bertz CT molecular complexity index is 684. The predicted octanol–water partition coefficient (Wildman–Crippen LogP) is 4.10. The molecule has 1 heterocycles. The highest BCUT2D eigenvalue weighted by Gasteiger charge is 2.19. The van der Waals surface area contributed by atoms with Crippen LogP contribution in [0.3, 0.4) is 0 Å². The Morgan fingerprint density at radius 1 is 1.24 bits per heavy atom. The highest BCUT2D eigenvalue weighted by Crippen LogP contribution is 2.22. The molecule has 2 aromatic rings. The lowest BCUT2D eigenvalue weighted by Gasteiger charge is -2.20. The number of aryl methyl sites for hydroxylation is 2. The minimum atomic E-state index is -0.541. The van der Waals surface area contributed by atoms with Crippen LogP contribution in [0.2, 0.25) is 5.02 Å². The van der Waals surface area contributed by atoms with Gasteiger partial charge >= 0.3 is 5.97 Å². The molecule has 1 aromatic heterocycles. The van der Waals surface area contributed by atoms with Crippen molar-refractivity contribution in [1.82, 2.24) is 9.55 Å². The minimum absolute atomic E-state index is 0.388. The molecule has 0 aliphatic rings. The molecule has 0 saturated heterocycles. The van der Waals surface area contributed by atoms with Gasteiger partial charge in [0.15, 0.2) is 0 Å². The van der Waals surface area contributed by atoms with E-state index < -0.39 is 5.60 Å². The number of halogens is 1. The molecular weight excluding hydrogens is 288 g/mol. The van der Waals surface area contributed by atoms with Gasteiger partial charge in [-0.05, 0) is 52.8 Å². The predicted molar refractivity (Wildman–Crippen MR) is 83.2 cm³/mol. The van der Waals surface area contributed by atoms with Gasteiger partial charge in [0, 0.05) is 16.9 Å². The van der Waals surface area contributed by atoms with E-state index >= 15 is 0 Å². The summed E-state index contributed by atoms with van der Waals surface area (Å²) >= 11 is 6.13. The number of aromatic nitrogens is 2. The van der Waals surface area contributed by atoms with Gasteiger partial charge in [-0.2, -0.15) is 0 Å². The maximum atomic E-state index is 12.2. The molecule has 0 N–H and O–H groups in total. The molecule has 0 aliphatic carbocycles. The molecule has 0 radical (unpaired) electrons. The van der Waals surface area contributed by atoms with Gasteiger partial charge in [0.1, 0.15) is 11.4 Å². The lowest BCUT2D eigenvalue weighted by molar-refractivity contribution is 0.00695. The Morgan fingerprint density at radius 3 is 2.43 bits per heavy atom. The summed E-state index contributed by atoms with van der Waals surface area (Å²) < 4.78 is 7.28. The van der Waals surface area contributed by atoms with Gasteiger partial charge in [0.2, 0.25) is 0 Å². The minimum Gasteiger partial charge on any atom is -0.456 e. The topological polar surface area (TPSA) is 44.1 Å². The third-order valence-corrected chi connectivity index (χ3v) is 3.02. The number of hydrogen-bond acceptors (Lipinski definition) is 3. The van der Waals surface area contributed by atoms with E-state index in [0.717, 1.165) is 17.2 Å². The van der Waals surface area contributed by atoms with Crippen molar-refractivity contribution in [2.24, 2.45) is 0 Å². The van der Waals surface area contributed by atoms with Gasteiger partial charge in [-0.25, -0.2) is 9.78 Å². The van der Waals surface area contributed by atoms with Crippen molar-refractivity contribution in [3.05, 3.63) is 46.5 Å². The van der Waals surface area contributed by atoms with Gasteiger partial charge in [0.05, 0.1) is 11.3 Å². The maximum Gasteiger partial charge on any atom is 0.338 e. The summed E-state index contributed by atoms with van der Waals surface area (Å²) in [6.45, 7) is 9.32. The Kier molecular flexibility index (Phi) is 4.10. The smallest absolute Gasteiger partial charge is 0.338 e. The average Bonchev–Trinajstić information content (AvgIpc) is 2.65. The lowest BCUT2D eigenvalue weighted by atomic mass is 10.1. The summed E-state index contributed by atoms with van der Waals surface area (Å²) in [5.41, 5.74) is 1.59. The van der Waals surface area contributed by atoms with E-state index in [9.17, 15) is 4.79 Å². The van der Waals surface area contributed by atoms with Crippen molar-refractivity contribution in [1.29, 1.82) is 0 Å². The molecule has 5 heteroatoms. The normalized spacial score (nSPS) is 11.5. The number of imidazole rings is 1. The monoisotopic (exact) mass is 306 g/mol. The molecule has 0 fully saturated rings. The third-order valence-electron chi connectivity index (χ3n) is 2.80. The van der Waals surface area contributed by atoms with Crippen LogP contribution in [0.1, 0.15) is 42.6 Å². The molecule has 0 amide bonds. The maximum absolute atomic E-state index is 12.2. The summed E-state index contributed by atoms with van der Waals surface area (Å²) in [7, 11) is 0. The molecule has 0 atom stereocenters. The quantitative estimate of drug-likeness (QED) is 0.785. The fourth-order valence-electron chi connectivity index (χ4n) is 2.05. The zero-order valence-electron chi connectivity index (χ0n) is 12.9.